The van der Waals surface area contributed by atoms with Crippen LogP contribution in [0, 0.1) is 0 Å². The van der Waals surface area contributed by atoms with Crippen molar-refractivity contribution in [1.29, 1.82) is 0 Å². The second-order valence-electron chi connectivity index (χ2n) is 3.42. The van der Waals surface area contributed by atoms with E-state index >= 15 is 0 Å². The fourth-order valence-corrected chi connectivity index (χ4v) is 0.899. The number of carbonyl (C=O) groups is 2. The largest absolute Gasteiger partial charge is 0.446 e. The number of Topliss-reactive ketones (excluding diaryl/α,β-unsaturated/α-hetero) is 1. The highest BCUT2D eigenvalue weighted by Gasteiger charge is 2.11. The molecule has 4 heteroatoms. The summed E-state index contributed by atoms with van der Waals surface area (Å²) in [5.41, 5.74) is 0. The minimum Gasteiger partial charge on any atom is -0.446 e. The Labute approximate surface area is 78.6 Å². The summed E-state index contributed by atoms with van der Waals surface area (Å²) in [5.74, 6) is 0.0184. The van der Waals surface area contributed by atoms with Crippen LogP contribution in [0.15, 0.2) is 0 Å². The summed E-state index contributed by atoms with van der Waals surface area (Å²) in [6.45, 7) is 6.86. The number of amides is 1. The molecule has 0 aliphatic carbocycles. The van der Waals surface area contributed by atoms with Crippen molar-refractivity contribution in [2.45, 2.75) is 46.3 Å². The summed E-state index contributed by atoms with van der Waals surface area (Å²) >= 11 is 0. The first-order valence-corrected chi connectivity index (χ1v) is 4.38. The van der Waals surface area contributed by atoms with Crippen molar-refractivity contribution in [3.8, 4) is 0 Å². The summed E-state index contributed by atoms with van der Waals surface area (Å²) < 4.78 is 4.90. The Morgan fingerprint density at radius 1 is 1.31 bits per heavy atom. The Morgan fingerprint density at radius 3 is 2.23 bits per heavy atom. The van der Waals surface area contributed by atoms with Crippen LogP contribution >= 0.6 is 0 Å². The number of nitrogens with one attached hydrogen (secondary N) is 1. The molecule has 0 saturated carbocycles. The number of hydrogen-bond donors (Lipinski definition) is 1. The maximum absolute atomic E-state index is 11.0. The average Bonchev–Trinajstić information content (AvgIpc) is 1.80. The lowest BCUT2D eigenvalue weighted by atomic mass is 10.2. The molecule has 1 unspecified atom stereocenters. The Hall–Kier alpha value is -1.06. The van der Waals surface area contributed by atoms with Crippen LogP contribution in [0.3, 0.4) is 0 Å². The summed E-state index contributed by atoms with van der Waals surface area (Å²) in [6, 6.07) is 0.0528. The van der Waals surface area contributed by atoms with E-state index in [-0.39, 0.29) is 24.3 Å². The zero-order valence-corrected chi connectivity index (χ0v) is 8.59. The fraction of sp³-hybridized carbons (Fsp3) is 0.778. The maximum atomic E-state index is 11.0. The first kappa shape index (κ1) is 11.9. The zero-order valence-electron chi connectivity index (χ0n) is 8.59. The van der Waals surface area contributed by atoms with Gasteiger partial charge in [0.25, 0.3) is 0 Å². The standard InChI is InChI=1S/C9H17NO3/c1-6(2)10-9(12)13-8(4)5-7(3)11/h6,8H,5H2,1-4H3,(H,10,12). The smallest absolute Gasteiger partial charge is 0.407 e. The first-order valence-electron chi connectivity index (χ1n) is 4.38. The van der Waals surface area contributed by atoms with Crippen molar-refractivity contribution in [1.82, 2.24) is 5.32 Å². The molecule has 0 bridgehead atoms. The van der Waals surface area contributed by atoms with E-state index < -0.39 is 6.09 Å². The highest BCUT2D eigenvalue weighted by Crippen LogP contribution is 1.98. The molecule has 0 aromatic heterocycles. The normalized spacial score (nSPS) is 12.4. The Bertz CT molecular complexity index is 189. The molecule has 0 spiro atoms. The van der Waals surface area contributed by atoms with E-state index in [2.05, 4.69) is 5.32 Å². The topological polar surface area (TPSA) is 55.4 Å². The van der Waals surface area contributed by atoms with E-state index in [1.54, 1.807) is 6.92 Å². The molecule has 0 fully saturated rings. The Balaban J connectivity index is 3.71. The average molecular weight is 187 g/mol. The third-order valence-electron chi connectivity index (χ3n) is 1.29. The molecule has 76 valence electrons. The van der Waals surface area contributed by atoms with Gasteiger partial charge in [-0.1, -0.05) is 0 Å². The van der Waals surface area contributed by atoms with Crippen LogP contribution in [0.25, 0.3) is 0 Å². The molecule has 0 heterocycles. The number of carbonyl (C=O) groups excluding carboxylic acids is 2. The van der Waals surface area contributed by atoms with Crippen molar-refractivity contribution in [3.05, 3.63) is 0 Å². The van der Waals surface area contributed by atoms with Crippen LogP contribution in [0.4, 0.5) is 4.79 Å². The van der Waals surface area contributed by atoms with E-state index in [1.165, 1.54) is 6.92 Å². The molecular weight excluding hydrogens is 170 g/mol. The van der Waals surface area contributed by atoms with Crippen LogP contribution in [0.1, 0.15) is 34.1 Å². The van der Waals surface area contributed by atoms with Crippen molar-refractivity contribution in [3.63, 3.8) is 0 Å². The lowest BCUT2D eigenvalue weighted by Gasteiger charge is -2.13. The predicted molar refractivity (Wildman–Crippen MR) is 49.5 cm³/mol. The second kappa shape index (κ2) is 5.56. The van der Waals surface area contributed by atoms with Crippen LogP contribution < -0.4 is 5.32 Å². The van der Waals surface area contributed by atoms with E-state index in [4.69, 9.17) is 4.74 Å². The van der Waals surface area contributed by atoms with E-state index in [0.29, 0.717) is 0 Å². The van der Waals surface area contributed by atoms with Gasteiger partial charge < -0.3 is 10.1 Å². The van der Waals surface area contributed by atoms with Crippen molar-refractivity contribution >= 4 is 11.9 Å². The molecular formula is C9H17NO3. The van der Waals surface area contributed by atoms with Gasteiger partial charge in [0.1, 0.15) is 11.9 Å². The lowest BCUT2D eigenvalue weighted by Crippen LogP contribution is -2.33. The predicted octanol–water partition coefficient (Wildman–Crippen LogP) is 1.49. The zero-order chi connectivity index (χ0) is 10.4. The fourth-order valence-electron chi connectivity index (χ4n) is 0.899. The van der Waals surface area contributed by atoms with Crippen LogP contribution in [0.5, 0.6) is 0 Å². The highest BCUT2D eigenvalue weighted by atomic mass is 16.6. The number of rotatable bonds is 4. The summed E-state index contributed by atoms with van der Waals surface area (Å²) in [6.07, 6.45) is -0.550. The quantitative estimate of drug-likeness (QED) is 0.725. The minimum absolute atomic E-state index is 0.0184. The molecule has 0 saturated heterocycles. The maximum Gasteiger partial charge on any atom is 0.407 e. The van der Waals surface area contributed by atoms with Gasteiger partial charge in [0.2, 0.25) is 0 Å². The van der Waals surface area contributed by atoms with Gasteiger partial charge in [0, 0.05) is 12.5 Å². The van der Waals surface area contributed by atoms with Gasteiger partial charge in [0.15, 0.2) is 0 Å². The Kier molecular flexibility index (Phi) is 5.11. The van der Waals surface area contributed by atoms with Crippen molar-refractivity contribution in [2.75, 3.05) is 0 Å². The summed E-state index contributed by atoms with van der Waals surface area (Å²) in [5, 5.41) is 2.57. The SMILES string of the molecule is CC(=O)CC(C)OC(=O)NC(C)C. The molecule has 0 radical (unpaired) electrons. The molecule has 1 atom stereocenters. The van der Waals surface area contributed by atoms with Gasteiger partial charge in [-0.05, 0) is 27.7 Å². The molecule has 13 heavy (non-hydrogen) atoms. The van der Waals surface area contributed by atoms with E-state index in [9.17, 15) is 9.59 Å². The van der Waals surface area contributed by atoms with Crippen molar-refractivity contribution < 1.29 is 14.3 Å². The molecule has 0 aromatic rings. The monoisotopic (exact) mass is 187 g/mol. The van der Waals surface area contributed by atoms with E-state index in [0.717, 1.165) is 0 Å². The lowest BCUT2D eigenvalue weighted by molar-refractivity contribution is -0.118. The number of hydrogen-bond acceptors (Lipinski definition) is 3. The first-order chi connectivity index (χ1) is 5.91. The molecule has 4 nitrogen and oxygen atoms in total. The Morgan fingerprint density at radius 2 is 1.85 bits per heavy atom. The molecule has 0 aliphatic rings. The molecule has 0 aliphatic heterocycles. The van der Waals surface area contributed by atoms with Gasteiger partial charge >= 0.3 is 6.09 Å². The minimum atomic E-state index is -0.469. The third kappa shape index (κ3) is 7.31. The molecule has 1 N–H and O–H groups in total. The van der Waals surface area contributed by atoms with Crippen LogP contribution in [-0.4, -0.2) is 24.0 Å². The molecule has 1 amide bonds. The van der Waals surface area contributed by atoms with Gasteiger partial charge in [-0.15, -0.1) is 0 Å². The van der Waals surface area contributed by atoms with Crippen molar-refractivity contribution in [2.24, 2.45) is 0 Å². The van der Waals surface area contributed by atoms with Crippen LogP contribution in [-0.2, 0) is 9.53 Å². The summed E-state index contributed by atoms with van der Waals surface area (Å²) in [4.78, 5) is 21.6. The number of ether oxygens (including phenoxy) is 1. The van der Waals surface area contributed by atoms with Gasteiger partial charge in [-0.2, -0.15) is 0 Å². The van der Waals surface area contributed by atoms with Crippen LogP contribution in [0.2, 0.25) is 0 Å². The second-order valence-corrected chi connectivity index (χ2v) is 3.42. The number of alkyl carbamates (subject to hydrolysis) is 1. The van der Waals surface area contributed by atoms with Gasteiger partial charge in [-0.25, -0.2) is 4.79 Å². The molecule has 0 aromatic carbocycles. The summed E-state index contributed by atoms with van der Waals surface area (Å²) in [7, 11) is 0. The van der Waals surface area contributed by atoms with Gasteiger partial charge in [-0.3, -0.25) is 4.79 Å². The van der Waals surface area contributed by atoms with E-state index in [1.807, 2.05) is 13.8 Å². The molecule has 0 rings (SSSR count). The third-order valence-corrected chi connectivity index (χ3v) is 1.29. The highest BCUT2D eigenvalue weighted by molar-refractivity contribution is 5.76. The number of ketones is 1. The van der Waals surface area contributed by atoms with Gasteiger partial charge in [0.05, 0.1) is 0 Å².